The molecule has 2 fully saturated rings. The summed E-state index contributed by atoms with van der Waals surface area (Å²) in [5, 5.41) is 5.23. The maximum atomic E-state index is 12.4. The molecule has 2 N–H and O–H groups in total. The van der Waals surface area contributed by atoms with Crippen molar-refractivity contribution in [3.8, 4) is 5.75 Å². The quantitative estimate of drug-likeness (QED) is 0.714. The van der Waals surface area contributed by atoms with Gasteiger partial charge < -0.3 is 10.1 Å². The van der Waals surface area contributed by atoms with Crippen molar-refractivity contribution in [1.29, 1.82) is 0 Å². The molecule has 4 rings (SSSR count). The Bertz CT molecular complexity index is 626. The van der Waals surface area contributed by atoms with Crippen LogP contribution in [0.2, 0.25) is 0 Å². The fourth-order valence-electron chi connectivity index (χ4n) is 3.22. The zero-order valence-corrected chi connectivity index (χ0v) is 11.5. The van der Waals surface area contributed by atoms with Gasteiger partial charge in [0.05, 0.1) is 6.61 Å². The molecule has 0 radical (unpaired) electrons. The summed E-state index contributed by atoms with van der Waals surface area (Å²) < 4.78 is 6.64. The van der Waals surface area contributed by atoms with Gasteiger partial charge in [0.15, 0.2) is 5.54 Å². The SMILES string of the molecule is O=C1NC(=O)C2(N1)c1cc(Br)ccc1OCC21CC1. The highest BCUT2D eigenvalue weighted by atomic mass is 79.9. The van der Waals surface area contributed by atoms with Crippen molar-refractivity contribution >= 4 is 27.9 Å². The minimum Gasteiger partial charge on any atom is -0.492 e. The molecule has 0 bridgehead atoms. The number of benzene rings is 1. The summed E-state index contributed by atoms with van der Waals surface area (Å²) in [4.78, 5) is 24.1. The molecule has 2 heterocycles. The van der Waals surface area contributed by atoms with E-state index in [-0.39, 0.29) is 11.3 Å². The molecule has 6 heteroatoms. The molecule has 98 valence electrons. The van der Waals surface area contributed by atoms with Gasteiger partial charge in [0, 0.05) is 15.5 Å². The van der Waals surface area contributed by atoms with Crippen LogP contribution >= 0.6 is 15.9 Å². The average Bonchev–Trinajstić information content (AvgIpc) is 3.08. The Labute approximate surface area is 117 Å². The summed E-state index contributed by atoms with van der Waals surface area (Å²) in [6, 6.07) is 5.13. The number of rotatable bonds is 0. The van der Waals surface area contributed by atoms with Gasteiger partial charge in [0.25, 0.3) is 5.91 Å². The van der Waals surface area contributed by atoms with Crippen molar-refractivity contribution in [2.45, 2.75) is 18.4 Å². The first kappa shape index (κ1) is 11.3. The van der Waals surface area contributed by atoms with Crippen molar-refractivity contribution in [2.24, 2.45) is 5.41 Å². The van der Waals surface area contributed by atoms with Gasteiger partial charge in [-0.25, -0.2) is 4.79 Å². The van der Waals surface area contributed by atoms with Gasteiger partial charge in [0.2, 0.25) is 0 Å². The molecule has 2 aliphatic heterocycles. The van der Waals surface area contributed by atoms with Gasteiger partial charge in [-0.1, -0.05) is 15.9 Å². The third-order valence-electron chi connectivity index (χ3n) is 4.37. The Morgan fingerprint density at radius 2 is 2.05 bits per heavy atom. The lowest BCUT2D eigenvalue weighted by atomic mass is 9.73. The third kappa shape index (κ3) is 1.25. The molecule has 0 aromatic heterocycles. The van der Waals surface area contributed by atoms with Crippen LogP contribution in [0.15, 0.2) is 22.7 Å². The number of hydrogen-bond acceptors (Lipinski definition) is 3. The van der Waals surface area contributed by atoms with Crippen LogP contribution in [0.25, 0.3) is 0 Å². The van der Waals surface area contributed by atoms with E-state index in [2.05, 4.69) is 26.6 Å². The number of carbonyl (C=O) groups excluding carboxylic acids is 2. The number of carbonyl (C=O) groups is 2. The number of ether oxygens (including phenoxy) is 1. The molecular weight excluding hydrogens is 312 g/mol. The molecule has 19 heavy (non-hydrogen) atoms. The van der Waals surface area contributed by atoms with E-state index in [0.717, 1.165) is 22.9 Å². The summed E-state index contributed by atoms with van der Waals surface area (Å²) in [6.45, 7) is 0.468. The second kappa shape index (κ2) is 3.30. The van der Waals surface area contributed by atoms with Gasteiger partial charge in [-0.3, -0.25) is 10.1 Å². The summed E-state index contributed by atoms with van der Waals surface area (Å²) in [5.41, 5.74) is -0.521. The molecule has 1 atom stereocenters. The Hall–Kier alpha value is -1.56. The number of halogens is 1. The molecule has 1 saturated heterocycles. The van der Waals surface area contributed by atoms with Gasteiger partial charge >= 0.3 is 6.03 Å². The summed E-state index contributed by atoms with van der Waals surface area (Å²) in [7, 11) is 0. The van der Waals surface area contributed by atoms with Crippen LogP contribution in [0.4, 0.5) is 4.79 Å². The second-order valence-electron chi connectivity index (χ2n) is 5.37. The van der Waals surface area contributed by atoms with Crippen molar-refractivity contribution in [3.63, 3.8) is 0 Å². The highest BCUT2D eigenvalue weighted by molar-refractivity contribution is 9.10. The highest BCUT2D eigenvalue weighted by Crippen LogP contribution is 2.63. The van der Waals surface area contributed by atoms with Gasteiger partial charge in [-0.05, 0) is 31.0 Å². The average molecular weight is 323 g/mol. The summed E-state index contributed by atoms with van der Waals surface area (Å²) in [5.74, 6) is 0.399. The predicted octanol–water partition coefficient (Wildman–Crippen LogP) is 1.66. The van der Waals surface area contributed by atoms with Crippen LogP contribution in [0, 0.1) is 5.41 Å². The third-order valence-corrected chi connectivity index (χ3v) is 4.86. The zero-order chi connectivity index (χ0) is 13.3. The van der Waals surface area contributed by atoms with Crippen molar-refractivity contribution in [1.82, 2.24) is 10.6 Å². The molecule has 1 aliphatic carbocycles. The summed E-state index contributed by atoms with van der Waals surface area (Å²) in [6.07, 6.45) is 1.76. The van der Waals surface area contributed by atoms with Crippen LogP contribution in [0.5, 0.6) is 5.75 Å². The molecule has 5 nitrogen and oxygen atoms in total. The minimum atomic E-state index is -0.971. The van der Waals surface area contributed by atoms with Gasteiger partial charge in [-0.2, -0.15) is 0 Å². The number of fused-ring (bicyclic) bond motifs is 3. The number of hydrogen-bond donors (Lipinski definition) is 2. The van der Waals surface area contributed by atoms with E-state index >= 15 is 0 Å². The Morgan fingerprint density at radius 3 is 2.68 bits per heavy atom. The van der Waals surface area contributed by atoms with E-state index in [1.54, 1.807) is 0 Å². The second-order valence-corrected chi connectivity index (χ2v) is 6.28. The molecule has 1 aromatic carbocycles. The predicted molar refractivity (Wildman–Crippen MR) is 69.7 cm³/mol. The van der Waals surface area contributed by atoms with Crippen LogP contribution in [0.1, 0.15) is 18.4 Å². The van der Waals surface area contributed by atoms with E-state index in [1.807, 2.05) is 18.2 Å². The molecule has 3 amide bonds. The Morgan fingerprint density at radius 1 is 1.26 bits per heavy atom. The van der Waals surface area contributed by atoms with Crippen LogP contribution in [0.3, 0.4) is 0 Å². The highest BCUT2D eigenvalue weighted by Gasteiger charge is 2.70. The Balaban J connectivity index is 1.99. The molecule has 2 spiro atoms. The molecule has 1 aromatic rings. The van der Waals surface area contributed by atoms with Crippen LogP contribution in [-0.2, 0) is 10.3 Å². The largest absolute Gasteiger partial charge is 0.492 e. The van der Waals surface area contributed by atoms with E-state index in [9.17, 15) is 9.59 Å². The lowest BCUT2D eigenvalue weighted by Gasteiger charge is -2.40. The fraction of sp³-hybridized carbons (Fsp3) is 0.385. The fourth-order valence-corrected chi connectivity index (χ4v) is 3.58. The van der Waals surface area contributed by atoms with Crippen molar-refractivity contribution in [3.05, 3.63) is 28.2 Å². The standard InChI is InChI=1S/C13H11BrN2O3/c14-7-1-2-9-8(5-7)13(10(17)15-11(18)16-13)12(3-4-12)6-19-9/h1-2,5H,3-4,6H2,(H2,15,16,17,18). The van der Waals surface area contributed by atoms with Crippen LogP contribution < -0.4 is 15.4 Å². The molecular formula is C13H11BrN2O3. The Kier molecular flexibility index (Phi) is 1.96. The number of amides is 3. The van der Waals surface area contributed by atoms with E-state index < -0.39 is 11.6 Å². The minimum absolute atomic E-state index is 0.266. The summed E-state index contributed by atoms with van der Waals surface area (Å²) >= 11 is 3.41. The lowest BCUT2D eigenvalue weighted by Crippen LogP contribution is -2.56. The molecule has 1 unspecified atom stereocenters. The molecule has 1 saturated carbocycles. The first-order valence-corrected chi connectivity index (χ1v) is 6.93. The topological polar surface area (TPSA) is 67.4 Å². The molecule has 3 aliphatic rings. The maximum absolute atomic E-state index is 12.4. The lowest BCUT2D eigenvalue weighted by molar-refractivity contribution is -0.128. The number of urea groups is 1. The normalized spacial score (nSPS) is 29.7. The van der Waals surface area contributed by atoms with Gasteiger partial charge in [-0.15, -0.1) is 0 Å². The monoisotopic (exact) mass is 322 g/mol. The maximum Gasteiger partial charge on any atom is 0.322 e. The van der Waals surface area contributed by atoms with E-state index in [4.69, 9.17) is 4.74 Å². The van der Waals surface area contributed by atoms with E-state index in [1.165, 1.54) is 0 Å². The smallest absolute Gasteiger partial charge is 0.322 e. The first-order valence-electron chi connectivity index (χ1n) is 6.14. The van der Waals surface area contributed by atoms with Crippen molar-refractivity contribution < 1.29 is 14.3 Å². The van der Waals surface area contributed by atoms with Crippen LogP contribution in [-0.4, -0.2) is 18.5 Å². The number of imide groups is 1. The zero-order valence-electron chi connectivity index (χ0n) is 9.96. The van der Waals surface area contributed by atoms with Crippen molar-refractivity contribution in [2.75, 3.05) is 6.61 Å². The van der Waals surface area contributed by atoms with E-state index in [0.29, 0.717) is 12.4 Å². The number of nitrogens with one attached hydrogen (secondary N) is 2. The first-order chi connectivity index (χ1) is 9.07. The van der Waals surface area contributed by atoms with Gasteiger partial charge in [0.1, 0.15) is 5.75 Å².